The van der Waals surface area contributed by atoms with E-state index in [-0.39, 0.29) is 18.0 Å². The fraction of sp³-hybridized carbons (Fsp3) is 0.143. The zero-order chi connectivity index (χ0) is 25.3. The van der Waals surface area contributed by atoms with Crippen LogP contribution >= 0.6 is 0 Å². The summed E-state index contributed by atoms with van der Waals surface area (Å²) in [5, 5.41) is 19.0. The van der Waals surface area contributed by atoms with Crippen molar-refractivity contribution in [2.24, 2.45) is 0 Å². The summed E-state index contributed by atoms with van der Waals surface area (Å²) in [6.07, 6.45) is -4.87. The first-order valence-electron chi connectivity index (χ1n) is 10.8. The highest BCUT2D eigenvalue weighted by Crippen LogP contribution is 2.35. The van der Waals surface area contributed by atoms with E-state index < -0.39 is 22.9 Å². The number of nitrogens with zero attached hydrogens (tertiary/aromatic N) is 2. The number of phenolic OH excluding ortho intramolecular Hbond substituents is 1. The number of rotatable bonds is 4. The van der Waals surface area contributed by atoms with Gasteiger partial charge < -0.3 is 9.67 Å². The van der Waals surface area contributed by atoms with Crippen molar-refractivity contribution in [2.45, 2.75) is 26.6 Å². The van der Waals surface area contributed by atoms with E-state index in [1.807, 2.05) is 32.0 Å². The van der Waals surface area contributed by atoms with Gasteiger partial charge in [-0.15, -0.1) is 0 Å². The van der Waals surface area contributed by atoms with Crippen molar-refractivity contribution in [1.82, 2.24) is 4.57 Å². The number of aromatic nitrogens is 1. The maximum absolute atomic E-state index is 13.8. The molecule has 0 unspecified atom stereocenters. The van der Waals surface area contributed by atoms with E-state index in [0.29, 0.717) is 11.1 Å². The van der Waals surface area contributed by atoms with Crippen LogP contribution in [0.25, 0.3) is 22.4 Å². The van der Waals surface area contributed by atoms with E-state index in [0.717, 1.165) is 28.3 Å². The molecule has 7 heteroatoms. The van der Waals surface area contributed by atoms with E-state index in [9.17, 15) is 28.3 Å². The second-order valence-electron chi connectivity index (χ2n) is 8.38. The van der Waals surface area contributed by atoms with Crippen LogP contribution in [-0.4, -0.2) is 9.67 Å². The second-order valence-corrected chi connectivity index (χ2v) is 8.38. The monoisotopic (exact) mass is 474 g/mol. The summed E-state index contributed by atoms with van der Waals surface area (Å²) < 4.78 is 42.7. The number of aromatic hydroxyl groups is 1. The van der Waals surface area contributed by atoms with Gasteiger partial charge in [0.25, 0.3) is 5.56 Å². The summed E-state index contributed by atoms with van der Waals surface area (Å²) in [6.45, 7) is 3.80. The number of halogens is 3. The molecule has 3 aromatic carbocycles. The predicted octanol–water partition coefficient (Wildman–Crippen LogP) is 6.44. The maximum atomic E-state index is 13.8. The first-order chi connectivity index (χ1) is 16.6. The fourth-order valence-electron chi connectivity index (χ4n) is 4.08. The van der Waals surface area contributed by atoms with Crippen LogP contribution in [0.3, 0.4) is 0 Å². The van der Waals surface area contributed by atoms with Crippen molar-refractivity contribution >= 4 is 0 Å². The number of alkyl halides is 3. The van der Waals surface area contributed by atoms with Crippen LogP contribution < -0.4 is 5.56 Å². The Labute approximate surface area is 200 Å². The Morgan fingerprint density at radius 3 is 2.23 bits per heavy atom. The molecule has 4 nitrogen and oxygen atoms in total. The first-order valence-corrected chi connectivity index (χ1v) is 10.8. The Hall–Kier alpha value is -4.31. The molecule has 0 saturated carbocycles. The number of hydrogen-bond donors (Lipinski definition) is 1. The predicted molar refractivity (Wildman–Crippen MR) is 128 cm³/mol. The summed E-state index contributed by atoms with van der Waals surface area (Å²) in [5.41, 5.74) is 1.39. The van der Waals surface area contributed by atoms with Gasteiger partial charge in [-0.2, -0.15) is 18.4 Å². The molecule has 1 aromatic heterocycles. The van der Waals surface area contributed by atoms with Crippen LogP contribution in [-0.2, 0) is 12.7 Å². The average Bonchev–Trinajstić information content (AvgIpc) is 2.81. The molecule has 0 aliphatic heterocycles. The van der Waals surface area contributed by atoms with E-state index in [4.69, 9.17) is 0 Å². The quantitative estimate of drug-likeness (QED) is 0.370. The summed E-state index contributed by atoms with van der Waals surface area (Å²) in [6, 6.07) is 21.2. The molecule has 0 fully saturated rings. The normalized spacial score (nSPS) is 11.3. The van der Waals surface area contributed by atoms with Gasteiger partial charge in [0.1, 0.15) is 17.4 Å². The Morgan fingerprint density at radius 2 is 1.60 bits per heavy atom. The van der Waals surface area contributed by atoms with Crippen molar-refractivity contribution in [3.05, 3.63) is 111 Å². The molecule has 0 aliphatic carbocycles. The average molecular weight is 474 g/mol. The maximum Gasteiger partial charge on any atom is 0.417 e. The number of pyridine rings is 1. The van der Waals surface area contributed by atoms with Gasteiger partial charge in [0, 0.05) is 0 Å². The van der Waals surface area contributed by atoms with Crippen LogP contribution in [0.4, 0.5) is 13.2 Å². The van der Waals surface area contributed by atoms with Gasteiger partial charge in [-0.3, -0.25) is 4.79 Å². The lowest BCUT2D eigenvalue weighted by Gasteiger charge is -2.19. The molecule has 176 valence electrons. The van der Waals surface area contributed by atoms with Crippen molar-refractivity contribution < 1.29 is 18.3 Å². The van der Waals surface area contributed by atoms with Crippen LogP contribution in [0.5, 0.6) is 5.75 Å². The highest BCUT2D eigenvalue weighted by Gasteiger charge is 2.36. The van der Waals surface area contributed by atoms with E-state index in [2.05, 4.69) is 0 Å². The summed E-state index contributed by atoms with van der Waals surface area (Å²) in [5.74, 6) is 0.0918. The van der Waals surface area contributed by atoms with Crippen molar-refractivity contribution in [3.63, 3.8) is 0 Å². The highest BCUT2D eigenvalue weighted by atomic mass is 19.4. The van der Waals surface area contributed by atoms with Crippen molar-refractivity contribution in [3.8, 4) is 34.2 Å². The molecule has 1 heterocycles. The molecule has 1 N–H and O–H groups in total. The molecule has 4 aromatic rings. The lowest BCUT2D eigenvalue weighted by molar-refractivity contribution is -0.137. The molecule has 0 atom stereocenters. The molecule has 0 radical (unpaired) electrons. The van der Waals surface area contributed by atoms with Gasteiger partial charge >= 0.3 is 6.18 Å². The summed E-state index contributed by atoms with van der Waals surface area (Å²) in [4.78, 5) is 13.2. The van der Waals surface area contributed by atoms with Gasteiger partial charge in [-0.05, 0) is 65.9 Å². The van der Waals surface area contributed by atoms with Gasteiger partial charge in [-0.1, -0.05) is 54.1 Å². The third-order valence-corrected chi connectivity index (χ3v) is 5.90. The minimum Gasteiger partial charge on any atom is -0.508 e. The SMILES string of the molecule is Cc1ccc(Cn2c(-c3cccc(-c4ccc(O)cc4)c3)cc(C(F)(F)F)c(C#N)c2=O)c(C)c1. The largest absolute Gasteiger partial charge is 0.508 e. The number of hydrogen-bond acceptors (Lipinski definition) is 3. The Balaban J connectivity index is 1.97. The van der Waals surface area contributed by atoms with Gasteiger partial charge in [0.15, 0.2) is 0 Å². The van der Waals surface area contributed by atoms with E-state index in [1.165, 1.54) is 22.8 Å². The highest BCUT2D eigenvalue weighted by molar-refractivity contribution is 5.72. The molecule has 0 aliphatic rings. The minimum atomic E-state index is -4.87. The topological polar surface area (TPSA) is 66.0 Å². The van der Waals surface area contributed by atoms with Crippen molar-refractivity contribution in [1.29, 1.82) is 5.26 Å². The fourth-order valence-corrected chi connectivity index (χ4v) is 4.08. The number of phenols is 1. The number of aryl methyl sites for hydroxylation is 2. The molecular formula is C28H21F3N2O2. The Bertz CT molecular complexity index is 1510. The van der Waals surface area contributed by atoms with Crippen LogP contribution in [0.15, 0.2) is 77.6 Å². The van der Waals surface area contributed by atoms with E-state index in [1.54, 1.807) is 36.4 Å². The van der Waals surface area contributed by atoms with Crippen LogP contribution in [0.2, 0.25) is 0 Å². The molecule has 0 spiro atoms. The Morgan fingerprint density at radius 1 is 0.914 bits per heavy atom. The molecule has 0 amide bonds. The smallest absolute Gasteiger partial charge is 0.417 e. The van der Waals surface area contributed by atoms with Gasteiger partial charge in [0.05, 0.1) is 17.8 Å². The molecule has 35 heavy (non-hydrogen) atoms. The standard InChI is InChI=1S/C28H21F3N2O2/c1-17-6-7-22(18(2)12-17)16-33-26(14-25(28(29,30)31)24(15-32)27(33)35)21-5-3-4-20(13-21)19-8-10-23(34)11-9-19/h3-14,34H,16H2,1-2H3. The zero-order valence-electron chi connectivity index (χ0n) is 19.0. The molecule has 4 rings (SSSR count). The molecular weight excluding hydrogens is 453 g/mol. The number of benzene rings is 3. The van der Waals surface area contributed by atoms with Crippen LogP contribution in [0, 0.1) is 25.2 Å². The third kappa shape index (κ3) is 4.82. The summed E-state index contributed by atoms with van der Waals surface area (Å²) >= 11 is 0. The second kappa shape index (κ2) is 9.15. The number of nitriles is 1. The third-order valence-electron chi connectivity index (χ3n) is 5.90. The minimum absolute atomic E-state index is 0.0105. The van der Waals surface area contributed by atoms with E-state index >= 15 is 0 Å². The summed E-state index contributed by atoms with van der Waals surface area (Å²) in [7, 11) is 0. The molecule has 0 saturated heterocycles. The first kappa shape index (κ1) is 23.8. The Kier molecular flexibility index (Phi) is 6.23. The lowest BCUT2D eigenvalue weighted by atomic mass is 9.98. The van der Waals surface area contributed by atoms with Gasteiger partial charge in [0.2, 0.25) is 0 Å². The lowest BCUT2D eigenvalue weighted by Crippen LogP contribution is -2.29. The molecule has 0 bridgehead atoms. The van der Waals surface area contributed by atoms with Crippen molar-refractivity contribution in [2.75, 3.05) is 0 Å². The van der Waals surface area contributed by atoms with Gasteiger partial charge in [-0.25, -0.2) is 0 Å². The van der Waals surface area contributed by atoms with Crippen LogP contribution in [0.1, 0.15) is 27.8 Å². The zero-order valence-corrected chi connectivity index (χ0v) is 19.0.